The Labute approximate surface area is 425 Å². The van der Waals surface area contributed by atoms with Crippen LogP contribution in [0.15, 0.2) is 218 Å². The highest BCUT2D eigenvalue weighted by Crippen LogP contribution is 2.50. The highest BCUT2D eigenvalue weighted by Gasteiger charge is 2.41. The van der Waals surface area contributed by atoms with E-state index in [1.807, 2.05) is 0 Å². The first kappa shape index (κ1) is 43.1. The summed E-state index contributed by atoms with van der Waals surface area (Å²) < 4.78 is 4.74. The van der Waals surface area contributed by atoms with Crippen LogP contribution < -0.4 is 0 Å². The van der Waals surface area contributed by atoms with Crippen LogP contribution in [0.3, 0.4) is 0 Å². The van der Waals surface area contributed by atoms with Gasteiger partial charge in [0.1, 0.15) is 0 Å². The zero-order valence-electron chi connectivity index (χ0n) is 41.5. The number of benzene rings is 9. The summed E-state index contributed by atoms with van der Waals surface area (Å²) in [6, 6.07) is 71.0. The van der Waals surface area contributed by atoms with E-state index in [2.05, 4.69) is 255 Å². The lowest BCUT2D eigenvalue weighted by atomic mass is 9.82. The van der Waals surface area contributed by atoms with Crippen molar-refractivity contribution in [3.8, 4) is 56.7 Å². The predicted molar refractivity (Wildman–Crippen MR) is 304 cm³/mol. The molecule has 0 spiro atoms. The second kappa shape index (κ2) is 16.4. The maximum absolute atomic E-state index is 5.50. The topological polar surface area (TPSA) is 48.5 Å². The largest absolute Gasteiger partial charge is 0.307 e. The number of rotatable bonds is 7. The van der Waals surface area contributed by atoms with Gasteiger partial charge in [0.25, 0.3) is 0 Å². The van der Waals surface area contributed by atoms with Gasteiger partial charge >= 0.3 is 0 Å². The number of allylic oxidation sites excluding steroid dienone is 4. The molecule has 5 nitrogen and oxygen atoms in total. The molecular formula is C68H53N5. The zero-order chi connectivity index (χ0) is 49.0. The minimum Gasteiger partial charge on any atom is -0.307 e. The Hall–Kier alpha value is -8.67. The molecule has 2 aliphatic carbocycles. The van der Waals surface area contributed by atoms with Crippen molar-refractivity contribution in [2.75, 3.05) is 0 Å². The van der Waals surface area contributed by atoms with Gasteiger partial charge in [0.2, 0.25) is 5.95 Å². The summed E-state index contributed by atoms with van der Waals surface area (Å²) in [5, 5.41) is 6.84. The highest BCUT2D eigenvalue weighted by molar-refractivity contribution is 6.23. The molecule has 5 heteroatoms. The number of aromatic nitrogens is 5. The van der Waals surface area contributed by atoms with Crippen LogP contribution in [0.25, 0.3) is 111 Å². The van der Waals surface area contributed by atoms with Crippen molar-refractivity contribution in [1.82, 2.24) is 24.1 Å². The van der Waals surface area contributed by atoms with Crippen LogP contribution in [-0.2, 0) is 10.8 Å². The second-order valence-corrected chi connectivity index (χ2v) is 21.5. The molecule has 14 rings (SSSR count). The van der Waals surface area contributed by atoms with E-state index in [0.29, 0.717) is 23.5 Å². The van der Waals surface area contributed by atoms with E-state index in [0.717, 1.165) is 84.2 Å². The minimum atomic E-state index is 0.147. The van der Waals surface area contributed by atoms with Crippen LogP contribution in [-0.4, -0.2) is 24.1 Å². The second-order valence-electron chi connectivity index (χ2n) is 21.5. The Bertz CT molecular complexity index is 4250. The van der Waals surface area contributed by atoms with E-state index in [-0.39, 0.29) is 10.8 Å². The Morgan fingerprint density at radius 1 is 0.438 bits per heavy atom. The van der Waals surface area contributed by atoms with E-state index in [1.54, 1.807) is 0 Å². The van der Waals surface area contributed by atoms with Crippen molar-refractivity contribution in [3.63, 3.8) is 0 Å². The average Bonchev–Trinajstić information content (AvgIpc) is 4.02. The molecule has 3 aromatic heterocycles. The summed E-state index contributed by atoms with van der Waals surface area (Å²) in [5.41, 5.74) is 16.7. The average molecular weight is 940 g/mol. The van der Waals surface area contributed by atoms with E-state index in [1.165, 1.54) is 38.8 Å². The van der Waals surface area contributed by atoms with Crippen molar-refractivity contribution in [3.05, 3.63) is 235 Å². The molecule has 0 saturated carbocycles. The monoisotopic (exact) mass is 939 g/mol. The van der Waals surface area contributed by atoms with Gasteiger partial charge in [-0.3, -0.25) is 4.57 Å². The standard InChI is InChI=1S/C68H53N5/c1-67(2)42-68(3,4)59-41-50(36-39-58(59)67)46-30-28-45(29-31-46)49-20-14-21-51(40-49)72-60-26-12-10-23-53(60)55-37-38-56-54-24-11-13-27-61(54)73(63(56)62(55)72)66-70-64(48-34-32-44(33-35-48)43-16-6-5-7-17-43)69-65(71-66)57-25-15-19-47-18-8-9-22-52(47)57/h5-16,18-41,43H,17,42H2,1-4H3. The van der Waals surface area contributed by atoms with Gasteiger partial charge in [-0.25, -0.2) is 4.98 Å². The minimum absolute atomic E-state index is 0.147. The summed E-state index contributed by atoms with van der Waals surface area (Å²) >= 11 is 0. The van der Waals surface area contributed by atoms with Gasteiger partial charge < -0.3 is 4.57 Å². The third-order valence-corrected chi connectivity index (χ3v) is 15.9. The number of hydrogen-bond donors (Lipinski definition) is 0. The van der Waals surface area contributed by atoms with E-state index in [4.69, 9.17) is 15.0 Å². The van der Waals surface area contributed by atoms with Crippen LogP contribution >= 0.6 is 0 Å². The third kappa shape index (κ3) is 7.01. The molecule has 12 aromatic rings. The fourth-order valence-corrected chi connectivity index (χ4v) is 12.7. The van der Waals surface area contributed by atoms with Crippen LogP contribution in [0.4, 0.5) is 0 Å². The van der Waals surface area contributed by atoms with Crippen molar-refractivity contribution >= 4 is 54.4 Å². The molecule has 3 heterocycles. The maximum Gasteiger partial charge on any atom is 0.238 e. The lowest BCUT2D eigenvalue weighted by Gasteiger charge is -2.22. The molecule has 1 unspecified atom stereocenters. The lowest BCUT2D eigenvalue weighted by Crippen LogP contribution is -2.17. The van der Waals surface area contributed by atoms with Gasteiger partial charge in [-0.1, -0.05) is 222 Å². The van der Waals surface area contributed by atoms with Gasteiger partial charge in [-0.05, 0) is 97.7 Å². The predicted octanol–water partition coefficient (Wildman–Crippen LogP) is 17.4. The summed E-state index contributed by atoms with van der Waals surface area (Å²) in [6.45, 7) is 9.55. The van der Waals surface area contributed by atoms with Crippen molar-refractivity contribution in [1.29, 1.82) is 0 Å². The molecule has 73 heavy (non-hydrogen) atoms. The Morgan fingerprint density at radius 2 is 1.03 bits per heavy atom. The molecule has 350 valence electrons. The zero-order valence-corrected chi connectivity index (χ0v) is 41.5. The van der Waals surface area contributed by atoms with Gasteiger partial charge in [0, 0.05) is 44.3 Å². The van der Waals surface area contributed by atoms with Crippen LogP contribution in [0.1, 0.15) is 63.1 Å². The molecule has 0 radical (unpaired) electrons. The van der Waals surface area contributed by atoms with Crippen molar-refractivity contribution in [2.24, 2.45) is 0 Å². The molecule has 9 aromatic carbocycles. The molecule has 0 bridgehead atoms. The molecule has 0 amide bonds. The fourth-order valence-electron chi connectivity index (χ4n) is 12.7. The van der Waals surface area contributed by atoms with Crippen LogP contribution in [0, 0.1) is 0 Å². The van der Waals surface area contributed by atoms with E-state index >= 15 is 0 Å². The Kier molecular flexibility index (Phi) is 9.72. The SMILES string of the molecule is CC1(C)CC(C)(C)c2cc(-c3ccc(-c4cccc(-n5c6ccccc6c6ccc7c8ccccc8n(-c8nc(-c9ccc(C%10C=CC=CC%10)cc9)nc(-c9cccc%10ccccc9%10)n8)c7c65)c4)cc3)ccc21. The first-order chi connectivity index (χ1) is 35.7. The summed E-state index contributed by atoms with van der Waals surface area (Å²) in [4.78, 5) is 16.3. The molecule has 0 fully saturated rings. The fraction of sp³-hybridized carbons (Fsp3) is 0.132. The van der Waals surface area contributed by atoms with Crippen LogP contribution in [0.5, 0.6) is 0 Å². The smallest absolute Gasteiger partial charge is 0.238 e. The normalized spacial score (nSPS) is 15.8. The molecule has 2 aliphatic rings. The lowest BCUT2D eigenvalue weighted by molar-refractivity contribution is 0.403. The molecule has 0 N–H and O–H groups in total. The first-order valence-corrected chi connectivity index (χ1v) is 25.7. The van der Waals surface area contributed by atoms with E-state index in [9.17, 15) is 0 Å². The van der Waals surface area contributed by atoms with Crippen LogP contribution in [0.2, 0.25) is 0 Å². The van der Waals surface area contributed by atoms with E-state index < -0.39 is 0 Å². The summed E-state index contributed by atoms with van der Waals surface area (Å²) in [7, 11) is 0. The van der Waals surface area contributed by atoms with Crippen molar-refractivity contribution in [2.45, 2.75) is 57.3 Å². The quantitative estimate of drug-likeness (QED) is 0.160. The molecule has 0 aliphatic heterocycles. The number of para-hydroxylation sites is 2. The van der Waals surface area contributed by atoms with Crippen molar-refractivity contribution < 1.29 is 0 Å². The Morgan fingerprint density at radius 3 is 1.75 bits per heavy atom. The molecular weight excluding hydrogens is 887 g/mol. The summed E-state index contributed by atoms with van der Waals surface area (Å²) in [6.07, 6.45) is 10.9. The number of fused-ring (bicyclic) bond motifs is 9. The van der Waals surface area contributed by atoms with Gasteiger partial charge in [0.05, 0.1) is 22.1 Å². The first-order valence-electron chi connectivity index (χ1n) is 25.7. The van der Waals surface area contributed by atoms with Gasteiger partial charge in [0.15, 0.2) is 11.6 Å². The Balaban J connectivity index is 0.964. The third-order valence-electron chi connectivity index (χ3n) is 15.9. The summed E-state index contributed by atoms with van der Waals surface area (Å²) in [5.74, 6) is 2.16. The number of hydrogen-bond acceptors (Lipinski definition) is 3. The maximum atomic E-state index is 5.50. The number of nitrogens with zero attached hydrogens (tertiary/aromatic N) is 5. The van der Waals surface area contributed by atoms with Gasteiger partial charge in [-0.15, -0.1) is 0 Å². The highest BCUT2D eigenvalue weighted by atomic mass is 15.2. The molecule has 0 saturated heterocycles. The van der Waals surface area contributed by atoms with Gasteiger partial charge in [-0.2, -0.15) is 9.97 Å². The molecule has 1 atom stereocenters.